The van der Waals surface area contributed by atoms with Crippen molar-refractivity contribution < 1.29 is 4.79 Å². The summed E-state index contributed by atoms with van der Waals surface area (Å²) in [6, 6.07) is 16.0. The number of rotatable bonds is 5. The normalized spacial score (nSPS) is 15.8. The maximum Gasteiger partial charge on any atom is 0.249 e. The van der Waals surface area contributed by atoms with Gasteiger partial charge in [-0.1, -0.05) is 12.1 Å². The average molecular weight is 417 g/mol. The minimum absolute atomic E-state index is 0.0988. The van der Waals surface area contributed by atoms with Crippen LogP contribution in [0, 0.1) is 0 Å². The van der Waals surface area contributed by atoms with Crippen molar-refractivity contribution in [2.45, 2.75) is 32.9 Å². The second-order valence-corrected chi connectivity index (χ2v) is 8.00. The molecule has 1 amide bonds. The van der Waals surface area contributed by atoms with Crippen LogP contribution < -0.4 is 20.4 Å². The number of nitrogens with zero attached hydrogens (tertiary/aromatic N) is 4. The quantitative estimate of drug-likeness (QED) is 0.638. The molecule has 0 saturated carbocycles. The lowest BCUT2D eigenvalue weighted by Gasteiger charge is -2.42. The fourth-order valence-electron chi connectivity index (χ4n) is 4.09. The van der Waals surface area contributed by atoms with E-state index in [2.05, 4.69) is 46.5 Å². The molecule has 0 unspecified atom stereocenters. The smallest absolute Gasteiger partial charge is 0.249 e. The Bertz CT molecular complexity index is 1110. The Morgan fingerprint density at radius 2 is 1.84 bits per heavy atom. The molecule has 1 aromatic heterocycles. The van der Waals surface area contributed by atoms with E-state index in [1.807, 2.05) is 57.4 Å². The molecular weight excluding hydrogens is 388 g/mol. The number of aromatic nitrogens is 2. The number of benzene rings is 2. The number of amides is 1. The molecule has 1 aliphatic rings. The second-order valence-electron chi connectivity index (χ2n) is 8.00. The van der Waals surface area contributed by atoms with E-state index in [0.717, 1.165) is 34.0 Å². The van der Waals surface area contributed by atoms with E-state index < -0.39 is 0 Å². The second kappa shape index (κ2) is 8.26. The molecule has 3 aromatic rings. The number of carbonyl (C=O) groups is 1. The van der Waals surface area contributed by atoms with Crippen LogP contribution >= 0.6 is 0 Å². The van der Waals surface area contributed by atoms with Crippen LogP contribution in [0.25, 0.3) is 11.3 Å². The predicted octanol–water partition coefficient (Wildman–Crippen LogP) is 4.51. The van der Waals surface area contributed by atoms with Crippen molar-refractivity contribution in [1.82, 2.24) is 9.97 Å². The van der Waals surface area contributed by atoms with Crippen molar-refractivity contribution in [3.63, 3.8) is 0 Å². The van der Waals surface area contributed by atoms with Gasteiger partial charge in [-0.15, -0.1) is 0 Å². The fraction of sp³-hybridized carbons (Fsp3) is 0.292. The topological polar surface area (TPSA) is 73.4 Å². The Morgan fingerprint density at radius 1 is 1.03 bits per heavy atom. The first kappa shape index (κ1) is 20.7. The predicted molar refractivity (Wildman–Crippen MR) is 127 cm³/mol. The zero-order valence-electron chi connectivity index (χ0n) is 18.5. The van der Waals surface area contributed by atoms with Crippen molar-refractivity contribution in [2.24, 2.45) is 0 Å². The molecule has 31 heavy (non-hydrogen) atoms. The van der Waals surface area contributed by atoms with Crippen molar-refractivity contribution in [3.05, 3.63) is 54.7 Å². The Kier molecular flexibility index (Phi) is 5.50. The molecule has 0 bridgehead atoms. The zero-order valence-corrected chi connectivity index (χ0v) is 18.5. The van der Waals surface area contributed by atoms with E-state index >= 15 is 0 Å². The van der Waals surface area contributed by atoms with Gasteiger partial charge in [-0.05, 0) is 57.2 Å². The third-order valence-corrected chi connectivity index (χ3v) is 5.64. The summed E-state index contributed by atoms with van der Waals surface area (Å²) in [5.41, 5.74) is 5.69. The van der Waals surface area contributed by atoms with Gasteiger partial charge in [0.05, 0.1) is 17.1 Å². The summed E-state index contributed by atoms with van der Waals surface area (Å²) in [6.45, 7) is 6.16. The lowest BCUT2D eigenvalue weighted by Crippen LogP contribution is -2.53. The number of fused-ring (bicyclic) bond motifs is 1. The van der Waals surface area contributed by atoms with E-state index in [9.17, 15) is 4.79 Å². The lowest BCUT2D eigenvalue weighted by atomic mass is 10.0. The SMILES string of the molecule is CNc1cccc(-c2ccnc(Nc3ccc4c(c3)N(C(C)C)[C@H](C)C(=O)N4C)n2)c1. The van der Waals surface area contributed by atoms with Gasteiger partial charge in [0.15, 0.2) is 0 Å². The number of anilines is 5. The van der Waals surface area contributed by atoms with E-state index in [1.54, 1.807) is 11.1 Å². The highest BCUT2D eigenvalue weighted by Gasteiger charge is 2.34. The van der Waals surface area contributed by atoms with Crippen molar-refractivity contribution >= 4 is 34.6 Å². The van der Waals surface area contributed by atoms with Crippen LogP contribution in [0.3, 0.4) is 0 Å². The molecular formula is C24H28N6O. The molecule has 1 aliphatic heterocycles. The summed E-state index contributed by atoms with van der Waals surface area (Å²) >= 11 is 0. The highest BCUT2D eigenvalue weighted by Crippen LogP contribution is 2.39. The van der Waals surface area contributed by atoms with Crippen LogP contribution in [-0.4, -0.2) is 42.1 Å². The van der Waals surface area contributed by atoms with Crippen molar-refractivity contribution in [2.75, 3.05) is 34.5 Å². The fourth-order valence-corrected chi connectivity index (χ4v) is 4.09. The largest absolute Gasteiger partial charge is 0.388 e. The third-order valence-electron chi connectivity index (χ3n) is 5.64. The van der Waals surface area contributed by atoms with E-state index in [4.69, 9.17) is 4.98 Å². The summed E-state index contributed by atoms with van der Waals surface area (Å²) in [5.74, 6) is 0.624. The first-order valence-corrected chi connectivity index (χ1v) is 10.5. The van der Waals surface area contributed by atoms with Gasteiger partial charge in [0.2, 0.25) is 11.9 Å². The lowest BCUT2D eigenvalue weighted by molar-refractivity contribution is -0.119. The number of likely N-dealkylation sites (N-methyl/N-ethyl adjacent to an activating group) is 1. The van der Waals surface area contributed by atoms with E-state index in [1.165, 1.54) is 0 Å². The van der Waals surface area contributed by atoms with Crippen molar-refractivity contribution in [3.8, 4) is 11.3 Å². The number of hydrogen-bond donors (Lipinski definition) is 2. The number of hydrogen-bond acceptors (Lipinski definition) is 6. The van der Waals surface area contributed by atoms with Gasteiger partial charge in [0.1, 0.15) is 6.04 Å². The third kappa shape index (κ3) is 3.91. The standard InChI is InChI=1S/C24H28N6O/c1-15(2)30-16(3)23(31)29(5)21-10-9-19(14-22(21)30)27-24-26-12-11-20(28-24)17-7-6-8-18(13-17)25-4/h6-16,25H,1-5H3,(H,26,27,28)/t16-/m1/s1. The van der Waals surface area contributed by atoms with Crippen LogP contribution in [0.2, 0.25) is 0 Å². The van der Waals surface area contributed by atoms with Gasteiger partial charge >= 0.3 is 0 Å². The molecule has 0 radical (unpaired) electrons. The van der Waals surface area contributed by atoms with Crippen LogP contribution in [0.15, 0.2) is 54.7 Å². The molecule has 4 rings (SSSR count). The number of nitrogens with one attached hydrogen (secondary N) is 2. The zero-order chi connectivity index (χ0) is 22.1. The Morgan fingerprint density at radius 3 is 2.58 bits per heavy atom. The van der Waals surface area contributed by atoms with Crippen LogP contribution in [0.4, 0.5) is 28.7 Å². The first-order chi connectivity index (χ1) is 14.9. The minimum Gasteiger partial charge on any atom is -0.388 e. The monoisotopic (exact) mass is 416 g/mol. The molecule has 2 N–H and O–H groups in total. The Hall–Kier alpha value is -3.61. The summed E-state index contributed by atoms with van der Waals surface area (Å²) in [5, 5.41) is 6.48. The van der Waals surface area contributed by atoms with Gasteiger partial charge in [0.25, 0.3) is 0 Å². The minimum atomic E-state index is -0.216. The van der Waals surface area contributed by atoms with Crippen LogP contribution in [0.5, 0.6) is 0 Å². The van der Waals surface area contributed by atoms with Gasteiger partial charge in [0, 0.05) is 43.3 Å². The summed E-state index contributed by atoms with van der Waals surface area (Å²) in [6.07, 6.45) is 1.75. The molecule has 2 aromatic carbocycles. The summed E-state index contributed by atoms with van der Waals surface area (Å²) in [4.78, 5) is 25.6. The van der Waals surface area contributed by atoms with Gasteiger partial charge in [-0.2, -0.15) is 0 Å². The van der Waals surface area contributed by atoms with Crippen LogP contribution in [-0.2, 0) is 4.79 Å². The van der Waals surface area contributed by atoms with E-state index in [-0.39, 0.29) is 18.0 Å². The molecule has 7 nitrogen and oxygen atoms in total. The van der Waals surface area contributed by atoms with Crippen molar-refractivity contribution in [1.29, 1.82) is 0 Å². The van der Waals surface area contributed by atoms with Gasteiger partial charge < -0.3 is 20.4 Å². The highest BCUT2D eigenvalue weighted by atomic mass is 16.2. The van der Waals surface area contributed by atoms with Gasteiger partial charge in [-0.25, -0.2) is 9.97 Å². The van der Waals surface area contributed by atoms with Crippen LogP contribution in [0.1, 0.15) is 20.8 Å². The highest BCUT2D eigenvalue weighted by molar-refractivity contribution is 6.05. The molecule has 2 heterocycles. The molecule has 0 spiro atoms. The molecule has 0 saturated heterocycles. The van der Waals surface area contributed by atoms with Gasteiger partial charge in [-0.3, -0.25) is 4.79 Å². The maximum atomic E-state index is 12.6. The molecule has 0 fully saturated rings. The maximum absolute atomic E-state index is 12.6. The van der Waals surface area contributed by atoms with E-state index in [0.29, 0.717) is 5.95 Å². The molecule has 7 heteroatoms. The molecule has 160 valence electrons. The molecule has 0 aliphatic carbocycles. The summed E-state index contributed by atoms with van der Waals surface area (Å²) in [7, 11) is 3.72. The average Bonchev–Trinajstić information content (AvgIpc) is 2.77. The molecule has 1 atom stereocenters. The Balaban J connectivity index is 1.66. The first-order valence-electron chi connectivity index (χ1n) is 10.5. The Labute approximate surface area is 183 Å². The number of carbonyl (C=O) groups excluding carboxylic acids is 1. The summed E-state index contributed by atoms with van der Waals surface area (Å²) < 4.78 is 0.